The summed E-state index contributed by atoms with van der Waals surface area (Å²) in [6.07, 6.45) is -0.139. The highest BCUT2D eigenvalue weighted by Gasteiger charge is 2.21. The van der Waals surface area contributed by atoms with E-state index in [4.69, 9.17) is 4.74 Å². The van der Waals surface area contributed by atoms with E-state index in [-0.39, 0.29) is 23.4 Å². The van der Waals surface area contributed by atoms with Crippen LogP contribution in [-0.2, 0) is 5.41 Å². The molecule has 0 atom stereocenters. The van der Waals surface area contributed by atoms with Gasteiger partial charge in [0, 0.05) is 16.7 Å². The maximum atomic E-state index is 12.3. The van der Waals surface area contributed by atoms with Gasteiger partial charge in [0.2, 0.25) is 0 Å². The zero-order chi connectivity index (χ0) is 17.0. The molecule has 2 aromatic carbocycles. The number of methoxy groups -OCH3 is 1. The lowest BCUT2D eigenvalue weighted by Gasteiger charge is -2.12. The van der Waals surface area contributed by atoms with Crippen molar-refractivity contribution >= 4 is 11.6 Å². The van der Waals surface area contributed by atoms with Crippen molar-refractivity contribution in [3.8, 4) is 5.75 Å². The molecule has 0 radical (unpaired) electrons. The SMILES string of the molecule is [CH2+]C(C)(C)c1ccc(C(=O)CC(=O)c2ccc(OC)cc2)cc1. The molecule has 0 N–H and O–H groups in total. The third kappa shape index (κ3) is 4.22. The van der Waals surface area contributed by atoms with Crippen LogP contribution in [0.2, 0.25) is 0 Å². The van der Waals surface area contributed by atoms with E-state index < -0.39 is 0 Å². The summed E-state index contributed by atoms with van der Waals surface area (Å²) in [7, 11) is 1.57. The number of benzene rings is 2. The van der Waals surface area contributed by atoms with Crippen molar-refractivity contribution < 1.29 is 14.3 Å². The molecule has 0 saturated heterocycles. The van der Waals surface area contributed by atoms with Crippen molar-refractivity contribution in [1.29, 1.82) is 0 Å². The lowest BCUT2D eigenvalue weighted by molar-refractivity contribution is 0.0894. The molecule has 0 saturated carbocycles. The first-order valence-electron chi connectivity index (χ1n) is 7.47. The minimum absolute atomic E-state index is 0.139. The van der Waals surface area contributed by atoms with Gasteiger partial charge in [0.1, 0.15) is 11.2 Å². The minimum Gasteiger partial charge on any atom is -0.497 e. The van der Waals surface area contributed by atoms with Gasteiger partial charge in [-0.3, -0.25) is 9.59 Å². The first-order valence-corrected chi connectivity index (χ1v) is 7.47. The molecule has 0 unspecified atom stereocenters. The smallest absolute Gasteiger partial charge is 0.170 e. The highest BCUT2D eigenvalue weighted by Crippen LogP contribution is 2.22. The van der Waals surface area contributed by atoms with Gasteiger partial charge in [-0.15, -0.1) is 0 Å². The van der Waals surface area contributed by atoms with Crippen LogP contribution < -0.4 is 4.74 Å². The molecule has 0 amide bonds. The topological polar surface area (TPSA) is 43.4 Å². The summed E-state index contributed by atoms with van der Waals surface area (Å²) in [5, 5.41) is 0. The standard InChI is InChI=1S/C20H21O3/c1-20(2,3)16-9-5-14(6-10-16)18(21)13-19(22)15-7-11-17(23-4)12-8-15/h5-12H,1,13H2,2-4H3/q+1. The van der Waals surface area contributed by atoms with E-state index >= 15 is 0 Å². The molecule has 0 bridgehead atoms. The molecule has 2 aromatic rings. The van der Waals surface area contributed by atoms with Gasteiger partial charge in [-0.25, -0.2) is 0 Å². The van der Waals surface area contributed by atoms with E-state index in [1.165, 1.54) is 0 Å². The number of carbonyl (C=O) groups is 2. The Labute approximate surface area is 137 Å². The van der Waals surface area contributed by atoms with E-state index in [2.05, 4.69) is 6.92 Å². The Balaban J connectivity index is 2.07. The Morgan fingerprint density at radius 1 is 0.913 bits per heavy atom. The Bertz CT molecular complexity index is 689. The molecule has 3 nitrogen and oxygen atoms in total. The van der Waals surface area contributed by atoms with Gasteiger partial charge in [0.05, 0.1) is 20.5 Å². The zero-order valence-electron chi connectivity index (χ0n) is 13.8. The molecular weight excluding hydrogens is 288 g/mol. The monoisotopic (exact) mass is 309 g/mol. The molecule has 0 aliphatic heterocycles. The van der Waals surface area contributed by atoms with Crippen LogP contribution in [0.25, 0.3) is 0 Å². The van der Waals surface area contributed by atoms with Gasteiger partial charge >= 0.3 is 0 Å². The van der Waals surface area contributed by atoms with E-state index in [1.807, 2.05) is 26.0 Å². The second kappa shape index (κ2) is 6.69. The van der Waals surface area contributed by atoms with Crippen LogP contribution in [0, 0.1) is 6.92 Å². The summed E-state index contributed by atoms with van der Waals surface area (Å²) in [5.41, 5.74) is 1.89. The summed E-state index contributed by atoms with van der Waals surface area (Å²) in [6.45, 7) is 8.09. The van der Waals surface area contributed by atoms with Crippen molar-refractivity contribution in [3.05, 3.63) is 72.1 Å². The third-order valence-electron chi connectivity index (χ3n) is 3.72. The molecule has 0 heterocycles. The summed E-state index contributed by atoms with van der Waals surface area (Å²) in [5.74, 6) is 0.303. The lowest BCUT2D eigenvalue weighted by Crippen LogP contribution is -2.12. The van der Waals surface area contributed by atoms with Gasteiger partial charge in [0.25, 0.3) is 0 Å². The normalized spacial score (nSPS) is 11.1. The van der Waals surface area contributed by atoms with Crippen molar-refractivity contribution in [2.45, 2.75) is 25.7 Å². The fourth-order valence-corrected chi connectivity index (χ4v) is 2.23. The van der Waals surface area contributed by atoms with Crippen molar-refractivity contribution in [3.63, 3.8) is 0 Å². The van der Waals surface area contributed by atoms with Crippen LogP contribution >= 0.6 is 0 Å². The first-order chi connectivity index (χ1) is 10.8. The van der Waals surface area contributed by atoms with Gasteiger partial charge in [-0.05, 0) is 38.1 Å². The molecule has 2 rings (SSSR count). The maximum absolute atomic E-state index is 12.3. The van der Waals surface area contributed by atoms with E-state index in [0.717, 1.165) is 5.56 Å². The number of ether oxygens (including phenoxy) is 1. The number of hydrogen-bond acceptors (Lipinski definition) is 3. The Morgan fingerprint density at radius 2 is 1.35 bits per heavy atom. The lowest BCUT2D eigenvalue weighted by atomic mass is 9.86. The fraction of sp³-hybridized carbons (Fsp3) is 0.250. The Hall–Kier alpha value is -2.55. The van der Waals surface area contributed by atoms with Gasteiger partial charge in [-0.1, -0.05) is 24.3 Å². The third-order valence-corrected chi connectivity index (χ3v) is 3.72. The van der Waals surface area contributed by atoms with E-state index in [1.54, 1.807) is 43.5 Å². The number of Topliss-reactive ketones (excluding diaryl/α,β-unsaturated/α-hetero) is 2. The fourth-order valence-electron chi connectivity index (χ4n) is 2.23. The zero-order valence-corrected chi connectivity index (χ0v) is 13.8. The van der Waals surface area contributed by atoms with Gasteiger partial charge in [-0.2, -0.15) is 0 Å². The summed E-state index contributed by atoms with van der Waals surface area (Å²) >= 11 is 0. The van der Waals surface area contributed by atoms with Crippen molar-refractivity contribution in [2.24, 2.45) is 0 Å². The number of hydrogen-bond donors (Lipinski definition) is 0. The van der Waals surface area contributed by atoms with Crippen LogP contribution in [0.1, 0.15) is 46.5 Å². The predicted molar refractivity (Wildman–Crippen MR) is 91.1 cm³/mol. The van der Waals surface area contributed by atoms with Crippen LogP contribution in [0.5, 0.6) is 5.75 Å². The van der Waals surface area contributed by atoms with E-state index in [9.17, 15) is 9.59 Å². The number of rotatable bonds is 6. The summed E-state index contributed by atoms with van der Waals surface area (Å²) in [4.78, 5) is 24.4. The molecule has 0 aromatic heterocycles. The summed E-state index contributed by atoms with van der Waals surface area (Å²) < 4.78 is 5.05. The molecule has 0 aliphatic rings. The second-order valence-electron chi connectivity index (χ2n) is 6.21. The summed E-state index contributed by atoms with van der Waals surface area (Å²) in [6, 6.07) is 14.0. The highest BCUT2D eigenvalue weighted by molar-refractivity contribution is 6.13. The molecule has 0 spiro atoms. The van der Waals surface area contributed by atoms with Crippen molar-refractivity contribution in [1.82, 2.24) is 0 Å². The number of carbonyl (C=O) groups excluding carboxylic acids is 2. The highest BCUT2D eigenvalue weighted by atomic mass is 16.5. The Morgan fingerprint density at radius 3 is 1.74 bits per heavy atom. The predicted octanol–water partition coefficient (Wildman–Crippen LogP) is 4.26. The molecule has 0 aliphatic carbocycles. The van der Waals surface area contributed by atoms with Gasteiger partial charge in [0.15, 0.2) is 11.6 Å². The second-order valence-corrected chi connectivity index (χ2v) is 6.21. The maximum Gasteiger partial charge on any atom is 0.170 e. The first kappa shape index (κ1) is 16.8. The molecule has 0 fully saturated rings. The van der Waals surface area contributed by atoms with Crippen LogP contribution in [-0.4, -0.2) is 18.7 Å². The van der Waals surface area contributed by atoms with Crippen LogP contribution in [0.15, 0.2) is 48.5 Å². The van der Waals surface area contributed by atoms with Gasteiger partial charge < -0.3 is 4.74 Å². The van der Waals surface area contributed by atoms with Crippen molar-refractivity contribution in [2.75, 3.05) is 7.11 Å². The number of ketones is 2. The average Bonchev–Trinajstić information content (AvgIpc) is 2.54. The molecule has 118 valence electrons. The molecule has 23 heavy (non-hydrogen) atoms. The van der Waals surface area contributed by atoms with Crippen LogP contribution in [0.3, 0.4) is 0 Å². The van der Waals surface area contributed by atoms with Crippen LogP contribution in [0.4, 0.5) is 0 Å². The largest absolute Gasteiger partial charge is 0.497 e. The Kier molecular flexibility index (Phi) is 4.89. The quantitative estimate of drug-likeness (QED) is 0.455. The minimum atomic E-state index is -0.208. The average molecular weight is 309 g/mol. The van der Waals surface area contributed by atoms with E-state index in [0.29, 0.717) is 16.9 Å². The molecule has 3 heteroatoms. The molecular formula is C20H21O3+.